The Morgan fingerprint density at radius 2 is 2.45 bits per heavy atom. The van der Waals surface area contributed by atoms with Crippen LogP contribution in [0, 0.1) is 11.3 Å². The largest absolute Gasteiger partial charge is 0.481 e. The van der Waals surface area contributed by atoms with Gasteiger partial charge in [0.15, 0.2) is 0 Å². The molecule has 6 heteroatoms. The SMILES string of the molecule is O=C(O)[C@@]12CCC[C@H]1CN(Cc1cnc(-c3cccs3)s1)C2. The number of aromatic nitrogens is 1. The number of rotatable bonds is 4. The van der Waals surface area contributed by atoms with Gasteiger partial charge in [-0.3, -0.25) is 9.69 Å². The summed E-state index contributed by atoms with van der Waals surface area (Å²) in [5, 5.41) is 12.8. The van der Waals surface area contributed by atoms with Crippen LogP contribution in [0.15, 0.2) is 23.7 Å². The van der Waals surface area contributed by atoms with Crippen LogP contribution in [0.4, 0.5) is 0 Å². The summed E-state index contributed by atoms with van der Waals surface area (Å²) in [5.41, 5.74) is -0.485. The molecule has 22 heavy (non-hydrogen) atoms. The normalized spacial score (nSPS) is 28.1. The van der Waals surface area contributed by atoms with Crippen LogP contribution in [-0.4, -0.2) is 34.0 Å². The van der Waals surface area contributed by atoms with Gasteiger partial charge in [-0.1, -0.05) is 12.5 Å². The molecule has 2 atom stereocenters. The molecule has 2 fully saturated rings. The van der Waals surface area contributed by atoms with Gasteiger partial charge in [0.1, 0.15) is 5.01 Å². The van der Waals surface area contributed by atoms with Crippen molar-refractivity contribution in [3.05, 3.63) is 28.6 Å². The van der Waals surface area contributed by atoms with Crippen molar-refractivity contribution in [2.45, 2.75) is 25.8 Å². The first-order valence-electron chi connectivity index (χ1n) is 7.62. The lowest BCUT2D eigenvalue weighted by molar-refractivity contribution is -0.149. The van der Waals surface area contributed by atoms with Gasteiger partial charge in [0.05, 0.1) is 10.3 Å². The monoisotopic (exact) mass is 334 g/mol. The Kier molecular flexibility index (Phi) is 3.55. The van der Waals surface area contributed by atoms with Crippen molar-refractivity contribution in [1.29, 1.82) is 0 Å². The van der Waals surface area contributed by atoms with Crippen molar-refractivity contribution < 1.29 is 9.90 Å². The number of nitrogens with zero attached hydrogens (tertiary/aromatic N) is 2. The highest BCUT2D eigenvalue weighted by atomic mass is 32.1. The average molecular weight is 334 g/mol. The predicted octanol–water partition coefficient (Wildman–Crippen LogP) is 3.56. The minimum Gasteiger partial charge on any atom is -0.481 e. The average Bonchev–Trinajstić information content (AvgIpc) is 3.22. The minimum atomic E-state index is -0.596. The highest BCUT2D eigenvalue weighted by Crippen LogP contribution is 2.49. The Hall–Kier alpha value is -1.24. The Morgan fingerprint density at radius 1 is 1.55 bits per heavy atom. The Labute approximate surface area is 137 Å². The van der Waals surface area contributed by atoms with E-state index in [9.17, 15) is 9.90 Å². The Morgan fingerprint density at radius 3 is 3.18 bits per heavy atom. The molecule has 1 saturated heterocycles. The maximum Gasteiger partial charge on any atom is 0.311 e. The van der Waals surface area contributed by atoms with E-state index < -0.39 is 11.4 Å². The lowest BCUT2D eigenvalue weighted by Crippen LogP contribution is -2.35. The van der Waals surface area contributed by atoms with Crippen molar-refractivity contribution in [2.75, 3.05) is 13.1 Å². The second kappa shape index (κ2) is 5.44. The number of hydrogen-bond acceptors (Lipinski definition) is 5. The van der Waals surface area contributed by atoms with E-state index in [4.69, 9.17) is 0 Å². The number of thiazole rings is 1. The number of aliphatic carboxylic acids is 1. The van der Waals surface area contributed by atoms with Crippen LogP contribution >= 0.6 is 22.7 Å². The van der Waals surface area contributed by atoms with Gasteiger partial charge in [0.25, 0.3) is 0 Å². The third-order valence-corrected chi connectivity index (χ3v) is 7.05. The zero-order valence-corrected chi connectivity index (χ0v) is 13.8. The van der Waals surface area contributed by atoms with Crippen LogP contribution in [-0.2, 0) is 11.3 Å². The number of carbonyl (C=O) groups is 1. The van der Waals surface area contributed by atoms with Crippen molar-refractivity contribution in [3.63, 3.8) is 0 Å². The van der Waals surface area contributed by atoms with E-state index in [-0.39, 0.29) is 0 Å². The highest BCUT2D eigenvalue weighted by Gasteiger charge is 2.54. The minimum absolute atomic E-state index is 0.328. The van der Waals surface area contributed by atoms with Crippen LogP contribution in [0.5, 0.6) is 0 Å². The molecule has 0 radical (unpaired) electrons. The lowest BCUT2D eigenvalue weighted by atomic mass is 9.81. The third kappa shape index (κ3) is 2.30. The van der Waals surface area contributed by atoms with Crippen molar-refractivity contribution in [3.8, 4) is 9.88 Å². The van der Waals surface area contributed by atoms with Gasteiger partial charge in [0, 0.05) is 30.7 Å². The summed E-state index contributed by atoms with van der Waals surface area (Å²) in [5.74, 6) is -0.268. The van der Waals surface area contributed by atoms with Crippen molar-refractivity contribution in [2.24, 2.45) is 11.3 Å². The number of carboxylic acids is 1. The van der Waals surface area contributed by atoms with E-state index in [2.05, 4.69) is 21.3 Å². The maximum absolute atomic E-state index is 11.7. The number of fused-ring (bicyclic) bond motifs is 1. The summed E-state index contributed by atoms with van der Waals surface area (Å²) < 4.78 is 0. The summed E-state index contributed by atoms with van der Waals surface area (Å²) in [6.45, 7) is 2.44. The fraction of sp³-hybridized carbons (Fsp3) is 0.500. The van der Waals surface area contributed by atoms with Crippen LogP contribution in [0.2, 0.25) is 0 Å². The molecule has 4 nitrogen and oxygen atoms in total. The molecule has 0 bridgehead atoms. The fourth-order valence-corrected chi connectivity index (χ4v) is 5.74. The maximum atomic E-state index is 11.7. The van der Waals surface area contributed by atoms with Crippen molar-refractivity contribution >= 4 is 28.6 Å². The van der Waals surface area contributed by atoms with Gasteiger partial charge in [-0.2, -0.15) is 0 Å². The number of thiophene rings is 1. The zero-order valence-electron chi connectivity index (χ0n) is 12.2. The van der Waals surface area contributed by atoms with E-state index in [1.807, 2.05) is 12.3 Å². The third-order valence-electron chi connectivity index (χ3n) is 5.03. The second-order valence-corrected chi connectivity index (χ2v) is 8.39. The second-order valence-electron chi connectivity index (χ2n) is 6.33. The smallest absolute Gasteiger partial charge is 0.311 e. The summed E-state index contributed by atoms with van der Waals surface area (Å²) in [6.07, 6.45) is 4.91. The van der Waals surface area contributed by atoms with Gasteiger partial charge < -0.3 is 5.11 Å². The highest BCUT2D eigenvalue weighted by molar-refractivity contribution is 7.20. The molecule has 2 aliphatic rings. The first-order valence-corrected chi connectivity index (χ1v) is 9.31. The molecule has 0 unspecified atom stereocenters. The molecule has 116 valence electrons. The van der Waals surface area contributed by atoms with Gasteiger partial charge in [0.2, 0.25) is 0 Å². The van der Waals surface area contributed by atoms with Crippen LogP contribution in [0.25, 0.3) is 9.88 Å². The Balaban J connectivity index is 1.48. The molecule has 3 heterocycles. The van der Waals surface area contributed by atoms with E-state index >= 15 is 0 Å². The van der Waals surface area contributed by atoms with Gasteiger partial charge in [-0.15, -0.1) is 22.7 Å². The molecule has 2 aromatic rings. The van der Waals surface area contributed by atoms with Crippen LogP contribution in [0.3, 0.4) is 0 Å². The number of likely N-dealkylation sites (tertiary alicyclic amines) is 1. The standard InChI is InChI=1S/C16H18N2O2S2/c19-15(20)16-5-1-3-11(16)8-18(10-16)9-12-7-17-14(22-12)13-4-2-6-21-13/h2,4,6-7,11H,1,3,5,8-10H2,(H,19,20)/t11-,16+/m0/s1. The lowest BCUT2D eigenvalue weighted by Gasteiger charge is -2.23. The first-order chi connectivity index (χ1) is 10.7. The number of carboxylic acid groups (broad SMARTS) is 1. The van der Waals surface area contributed by atoms with Gasteiger partial charge in [-0.25, -0.2) is 4.98 Å². The van der Waals surface area contributed by atoms with E-state index in [0.717, 1.165) is 37.4 Å². The molecule has 1 aliphatic heterocycles. The topological polar surface area (TPSA) is 53.4 Å². The predicted molar refractivity (Wildman–Crippen MR) is 88.1 cm³/mol. The molecule has 0 amide bonds. The van der Waals surface area contributed by atoms with Crippen LogP contribution in [0.1, 0.15) is 24.1 Å². The quantitative estimate of drug-likeness (QED) is 0.929. The van der Waals surface area contributed by atoms with E-state index in [1.165, 1.54) is 9.75 Å². The molecule has 0 spiro atoms. The summed E-state index contributed by atoms with van der Waals surface area (Å²) in [6, 6.07) is 4.13. The molecular formula is C16H18N2O2S2. The molecule has 1 N–H and O–H groups in total. The summed E-state index contributed by atoms with van der Waals surface area (Å²) in [7, 11) is 0. The summed E-state index contributed by atoms with van der Waals surface area (Å²) >= 11 is 3.43. The molecule has 1 aliphatic carbocycles. The summed E-state index contributed by atoms with van der Waals surface area (Å²) in [4.78, 5) is 21.0. The molecule has 2 aromatic heterocycles. The zero-order chi connectivity index (χ0) is 15.2. The molecule has 4 rings (SSSR count). The van der Waals surface area contributed by atoms with E-state index in [1.54, 1.807) is 22.7 Å². The Bertz CT molecular complexity index is 682. The molecule has 1 saturated carbocycles. The molecular weight excluding hydrogens is 316 g/mol. The van der Waals surface area contributed by atoms with Crippen molar-refractivity contribution in [1.82, 2.24) is 9.88 Å². The van der Waals surface area contributed by atoms with E-state index in [0.29, 0.717) is 12.5 Å². The van der Waals surface area contributed by atoms with Gasteiger partial charge >= 0.3 is 5.97 Å². The van der Waals surface area contributed by atoms with Crippen LogP contribution < -0.4 is 0 Å². The molecule has 0 aromatic carbocycles. The number of hydrogen-bond donors (Lipinski definition) is 1. The van der Waals surface area contributed by atoms with Gasteiger partial charge in [-0.05, 0) is 30.2 Å². The fourth-order valence-electron chi connectivity index (χ4n) is 3.98. The first kappa shape index (κ1) is 14.4.